The molecule has 1 aliphatic heterocycles. The normalized spacial score (nSPS) is 15.0. The monoisotopic (exact) mass is 440 g/mol. The number of carbonyl (C=O) groups excluding carboxylic acids is 1. The average molecular weight is 440 g/mol. The molecule has 1 amide bonds. The third kappa shape index (κ3) is 4.36. The maximum absolute atomic E-state index is 13.1. The molecule has 1 N–H and O–H groups in total. The van der Waals surface area contributed by atoms with E-state index in [4.69, 9.17) is 0 Å². The Kier molecular flexibility index (Phi) is 5.63. The number of tetrazole rings is 1. The number of anilines is 1. The van der Waals surface area contributed by atoms with Gasteiger partial charge in [-0.25, -0.2) is 4.39 Å². The summed E-state index contributed by atoms with van der Waals surface area (Å²) in [7, 11) is 0. The highest BCUT2D eigenvalue weighted by Gasteiger charge is 2.31. The molecule has 1 aromatic heterocycles. The van der Waals surface area contributed by atoms with Crippen molar-refractivity contribution in [1.82, 2.24) is 25.5 Å². The molecule has 5 rings (SSSR count). The molecule has 3 aromatic carbocycles. The van der Waals surface area contributed by atoms with Crippen LogP contribution in [0.4, 0.5) is 10.3 Å². The zero-order valence-electron chi connectivity index (χ0n) is 17.7. The maximum Gasteiger partial charge on any atom is 0.251 e. The average Bonchev–Trinajstić information content (AvgIpc) is 3.35. The lowest BCUT2D eigenvalue weighted by atomic mass is 10.0. The van der Waals surface area contributed by atoms with Gasteiger partial charge in [-0.05, 0) is 45.3 Å². The molecule has 4 aromatic rings. The van der Waals surface area contributed by atoms with Gasteiger partial charge in [0.15, 0.2) is 0 Å². The van der Waals surface area contributed by atoms with Crippen LogP contribution in [0.25, 0.3) is 5.70 Å². The summed E-state index contributed by atoms with van der Waals surface area (Å²) in [5, 5.41) is 15.2. The molecule has 0 fully saturated rings. The Morgan fingerprint density at radius 3 is 2.36 bits per heavy atom. The molecule has 0 saturated heterocycles. The molecule has 7 nitrogen and oxygen atoms in total. The molecule has 2 heterocycles. The third-order valence-electron chi connectivity index (χ3n) is 5.50. The van der Waals surface area contributed by atoms with Crippen LogP contribution in [-0.4, -0.2) is 32.7 Å². The van der Waals surface area contributed by atoms with Crippen LogP contribution in [0, 0.1) is 5.82 Å². The molecule has 164 valence electrons. The fourth-order valence-electron chi connectivity index (χ4n) is 3.87. The van der Waals surface area contributed by atoms with Crippen molar-refractivity contribution in [2.45, 2.75) is 12.6 Å². The molecule has 1 aliphatic rings. The number of amides is 1. The van der Waals surface area contributed by atoms with Crippen LogP contribution in [0.1, 0.15) is 22.7 Å². The molecule has 1 unspecified atom stereocenters. The minimum absolute atomic E-state index is 0.0316. The molecule has 0 radical (unpaired) electrons. The van der Waals surface area contributed by atoms with Crippen LogP contribution in [-0.2, 0) is 11.3 Å². The number of carbonyl (C=O) groups is 1. The summed E-state index contributed by atoms with van der Waals surface area (Å²) in [4.78, 5) is 14.7. The second kappa shape index (κ2) is 9.04. The lowest BCUT2D eigenvalue weighted by Crippen LogP contribution is -2.39. The smallest absolute Gasteiger partial charge is 0.251 e. The first-order valence-electron chi connectivity index (χ1n) is 10.6. The minimum atomic E-state index is -0.309. The molecule has 1 atom stereocenters. The Balaban J connectivity index is 1.45. The van der Waals surface area contributed by atoms with E-state index in [-0.39, 0.29) is 24.3 Å². The SMILES string of the molecule is O=C(CN1C(c2ccccc2)=CC(c2ccccc2)n2nnnc21)NCc1ccc(F)cc1. The number of halogens is 1. The van der Waals surface area contributed by atoms with E-state index in [9.17, 15) is 9.18 Å². The van der Waals surface area contributed by atoms with Crippen LogP contribution in [0.15, 0.2) is 91.0 Å². The number of aromatic nitrogens is 4. The van der Waals surface area contributed by atoms with Gasteiger partial charge in [-0.15, -0.1) is 0 Å². The van der Waals surface area contributed by atoms with Crippen molar-refractivity contribution in [3.63, 3.8) is 0 Å². The van der Waals surface area contributed by atoms with Gasteiger partial charge in [0.1, 0.15) is 18.4 Å². The predicted octanol–water partition coefficient (Wildman–Crippen LogP) is 3.58. The molecule has 0 aliphatic carbocycles. The summed E-state index contributed by atoms with van der Waals surface area (Å²) in [5.74, 6) is -0.0214. The number of hydrogen-bond donors (Lipinski definition) is 1. The number of allylic oxidation sites excluding steroid dienone is 1. The number of fused-ring (bicyclic) bond motifs is 1. The van der Waals surface area contributed by atoms with Crippen LogP contribution in [0.3, 0.4) is 0 Å². The van der Waals surface area contributed by atoms with E-state index in [1.807, 2.05) is 65.6 Å². The molecule has 8 heteroatoms. The Hall–Kier alpha value is -4.33. The van der Waals surface area contributed by atoms with Gasteiger partial charge >= 0.3 is 0 Å². The number of hydrogen-bond acceptors (Lipinski definition) is 5. The van der Waals surface area contributed by atoms with E-state index in [0.717, 1.165) is 22.4 Å². The summed E-state index contributed by atoms with van der Waals surface area (Å²) in [6.45, 7) is 0.332. The van der Waals surface area contributed by atoms with Gasteiger partial charge in [0.05, 0.1) is 5.70 Å². The summed E-state index contributed by atoms with van der Waals surface area (Å²) in [6, 6.07) is 25.7. The number of benzene rings is 3. The Morgan fingerprint density at radius 2 is 1.64 bits per heavy atom. The largest absolute Gasteiger partial charge is 0.350 e. The van der Waals surface area contributed by atoms with Gasteiger partial charge in [-0.3, -0.25) is 9.69 Å². The lowest BCUT2D eigenvalue weighted by molar-refractivity contribution is -0.119. The highest BCUT2D eigenvalue weighted by molar-refractivity contribution is 5.89. The highest BCUT2D eigenvalue weighted by Crippen LogP contribution is 2.35. The van der Waals surface area contributed by atoms with Crippen LogP contribution >= 0.6 is 0 Å². The molecular formula is C25H21FN6O. The van der Waals surface area contributed by atoms with E-state index >= 15 is 0 Å². The first kappa shape index (κ1) is 20.6. The van der Waals surface area contributed by atoms with E-state index in [1.165, 1.54) is 12.1 Å². The van der Waals surface area contributed by atoms with E-state index < -0.39 is 0 Å². The van der Waals surface area contributed by atoms with Crippen molar-refractivity contribution in [1.29, 1.82) is 0 Å². The fourth-order valence-corrected chi connectivity index (χ4v) is 3.87. The van der Waals surface area contributed by atoms with E-state index in [2.05, 4.69) is 26.9 Å². The number of nitrogens with zero attached hydrogens (tertiary/aromatic N) is 5. The van der Waals surface area contributed by atoms with Crippen molar-refractivity contribution in [3.8, 4) is 0 Å². The van der Waals surface area contributed by atoms with Crippen molar-refractivity contribution in [3.05, 3.63) is 114 Å². The Morgan fingerprint density at radius 1 is 0.939 bits per heavy atom. The molecule has 0 bridgehead atoms. The summed E-state index contributed by atoms with van der Waals surface area (Å²) in [6.07, 6.45) is 2.07. The minimum Gasteiger partial charge on any atom is -0.350 e. The van der Waals surface area contributed by atoms with Gasteiger partial charge in [0.2, 0.25) is 5.91 Å². The van der Waals surface area contributed by atoms with Gasteiger partial charge < -0.3 is 5.32 Å². The number of nitrogens with one attached hydrogen (secondary N) is 1. The van der Waals surface area contributed by atoms with E-state index in [1.54, 1.807) is 16.8 Å². The second-order valence-electron chi connectivity index (χ2n) is 7.69. The van der Waals surface area contributed by atoms with Crippen molar-refractivity contribution in [2.75, 3.05) is 11.4 Å². The Bertz CT molecular complexity index is 1270. The quantitative estimate of drug-likeness (QED) is 0.496. The van der Waals surface area contributed by atoms with Crippen molar-refractivity contribution in [2.24, 2.45) is 0 Å². The zero-order chi connectivity index (χ0) is 22.6. The van der Waals surface area contributed by atoms with Gasteiger partial charge in [-0.2, -0.15) is 4.68 Å². The van der Waals surface area contributed by atoms with Gasteiger partial charge in [-0.1, -0.05) is 77.9 Å². The summed E-state index contributed by atoms with van der Waals surface area (Å²) < 4.78 is 14.9. The first-order chi connectivity index (χ1) is 16.2. The standard InChI is InChI=1S/C25H21FN6O/c26-21-13-11-18(12-14-21)16-27-24(33)17-31-22(19-7-3-1-4-8-19)15-23(20-9-5-2-6-10-20)32-25(31)28-29-30-32/h1-15,23H,16-17H2,(H,27,33). The highest BCUT2D eigenvalue weighted by atomic mass is 19.1. The summed E-state index contributed by atoms with van der Waals surface area (Å²) in [5.41, 5.74) is 3.67. The van der Waals surface area contributed by atoms with Crippen LogP contribution < -0.4 is 10.2 Å². The van der Waals surface area contributed by atoms with Gasteiger partial charge in [0.25, 0.3) is 5.95 Å². The first-order valence-corrected chi connectivity index (χ1v) is 10.6. The predicted molar refractivity (Wildman–Crippen MR) is 122 cm³/mol. The Labute approximate surface area is 190 Å². The fraction of sp³-hybridized carbons (Fsp3) is 0.120. The van der Waals surface area contributed by atoms with Crippen LogP contribution in [0.2, 0.25) is 0 Å². The van der Waals surface area contributed by atoms with Crippen LogP contribution in [0.5, 0.6) is 0 Å². The number of rotatable bonds is 6. The lowest BCUT2D eigenvalue weighted by Gasteiger charge is -2.32. The summed E-state index contributed by atoms with van der Waals surface area (Å²) >= 11 is 0. The van der Waals surface area contributed by atoms with Gasteiger partial charge in [0, 0.05) is 6.54 Å². The van der Waals surface area contributed by atoms with E-state index in [0.29, 0.717) is 12.5 Å². The molecule has 0 spiro atoms. The zero-order valence-corrected chi connectivity index (χ0v) is 17.7. The van der Waals surface area contributed by atoms with Crippen molar-refractivity contribution >= 4 is 17.6 Å². The molecular weight excluding hydrogens is 419 g/mol. The topological polar surface area (TPSA) is 75.9 Å². The molecule has 33 heavy (non-hydrogen) atoms. The molecule has 0 saturated carbocycles. The van der Waals surface area contributed by atoms with Crippen molar-refractivity contribution < 1.29 is 9.18 Å². The second-order valence-corrected chi connectivity index (χ2v) is 7.69. The maximum atomic E-state index is 13.1. The third-order valence-corrected chi connectivity index (χ3v) is 5.50.